The Morgan fingerprint density at radius 3 is 2.37 bits per heavy atom. The lowest BCUT2D eigenvalue weighted by Gasteiger charge is -2.16. The van der Waals surface area contributed by atoms with Crippen LogP contribution in [-0.4, -0.2) is 27.0 Å². The van der Waals surface area contributed by atoms with Gasteiger partial charge in [-0.3, -0.25) is 4.79 Å². The lowest BCUT2D eigenvalue weighted by Crippen LogP contribution is -2.30. The molecule has 1 atom stereocenters. The molecule has 0 saturated heterocycles. The van der Waals surface area contributed by atoms with Crippen LogP contribution in [0.4, 0.5) is 5.69 Å². The van der Waals surface area contributed by atoms with Crippen molar-refractivity contribution >= 4 is 57.4 Å². The van der Waals surface area contributed by atoms with Crippen LogP contribution >= 0.6 is 34.8 Å². The first kappa shape index (κ1) is 20.5. The van der Waals surface area contributed by atoms with Gasteiger partial charge in [0, 0.05) is 5.02 Å². The van der Waals surface area contributed by atoms with Crippen molar-refractivity contribution in [2.45, 2.75) is 13.0 Å². The van der Waals surface area contributed by atoms with Crippen LogP contribution in [0.2, 0.25) is 15.1 Å². The summed E-state index contributed by atoms with van der Waals surface area (Å²) in [6, 6.07) is 17.6. The highest BCUT2D eigenvalue weighted by molar-refractivity contribution is 6.35. The Hall–Kier alpha value is -2.80. The number of rotatable bonds is 5. The molecule has 1 heterocycles. The summed E-state index contributed by atoms with van der Waals surface area (Å²) in [6.45, 7) is 1.61. The molecular weight excluding hydrogens is 447 g/mol. The Bertz CT molecular complexity index is 1230. The second kappa shape index (κ2) is 8.52. The maximum absolute atomic E-state index is 12.6. The van der Waals surface area contributed by atoms with Crippen molar-refractivity contribution in [1.82, 2.24) is 15.0 Å². The molecule has 3 aromatic carbocycles. The smallest absolute Gasteiger partial charge is 0.265 e. The summed E-state index contributed by atoms with van der Waals surface area (Å²) in [7, 11) is 0. The number of carbonyl (C=O) groups is 1. The number of fused-ring (bicyclic) bond motifs is 1. The van der Waals surface area contributed by atoms with E-state index < -0.39 is 12.0 Å². The lowest BCUT2D eigenvalue weighted by molar-refractivity contribution is -0.122. The summed E-state index contributed by atoms with van der Waals surface area (Å²) < 4.78 is 5.65. The second-order valence-corrected chi connectivity index (χ2v) is 7.72. The highest BCUT2D eigenvalue weighted by Crippen LogP contribution is 2.30. The Kier molecular flexibility index (Phi) is 5.81. The van der Waals surface area contributed by atoms with E-state index in [1.54, 1.807) is 37.3 Å². The van der Waals surface area contributed by atoms with E-state index in [0.717, 1.165) is 5.69 Å². The minimum atomic E-state index is -0.824. The molecule has 0 saturated carbocycles. The molecule has 9 heteroatoms. The molecule has 4 rings (SSSR count). The standard InChI is InChI=1S/C21H15Cl3N4O2/c1-12(30-20-8-7-13(22)9-16(20)24)21(29)25-17-11-19-18(10-15(17)23)26-28(27-19)14-5-3-2-4-6-14/h2-12H,1H3,(H,25,29)/t12-/m0/s1. The molecule has 4 aromatic rings. The van der Waals surface area contributed by atoms with E-state index in [1.165, 1.54) is 4.80 Å². The number of ether oxygens (including phenoxy) is 1. The Labute approximate surface area is 187 Å². The van der Waals surface area contributed by atoms with E-state index in [-0.39, 0.29) is 0 Å². The van der Waals surface area contributed by atoms with Crippen LogP contribution in [0.1, 0.15) is 6.92 Å². The molecule has 0 aliphatic rings. The molecule has 1 amide bonds. The molecule has 0 bridgehead atoms. The van der Waals surface area contributed by atoms with Gasteiger partial charge in [0.15, 0.2) is 6.10 Å². The van der Waals surface area contributed by atoms with E-state index in [2.05, 4.69) is 15.5 Å². The molecule has 0 unspecified atom stereocenters. The maximum Gasteiger partial charge on any atom is 0.265 e. The van der Waals surface area contributed by atoms with E-state index in [4.69, 9.17) is 39.5 Å². The van der Waals surface area contributed by atoms with Crippen molar-refractivity contribution in [2.75, 3.05) is 5.32 Å². The van der Waals surface area contributed by atoms with E-state index >= 15 is 0 Å². The molecule has 0 radical (unpaired) electrons. The lowest BCUT2D eigenvalue weighted by atomic mass is 10.2. The molecule has 0 fully saturated rings. The number of nitrogens with zero attached hydrogens (tertiary/aromatic N) is 3. The largest absolute Gasteiger partial charge is 0.479 e. The molecule has 0 spiro atoms. The Morgan fingerprint density at radius 2 is 1.67 bits per heavy atom. The van der Waals surface area contributed by atoms with Gasteiger partial charge >= 0.3 is 0 Å². The van der Waals surface area contributed by atoms with Gasteiger partial charge in [0.05, 0.1) is 21.4 Å². The fourth-order valence-corrected chi connectivity index (χ4v) is 3.42. The van der Waals surface area contributed by atoms with Crippen molar-refractivity contribution in [3.63, 3.8) is 0 Å². The van der Waals surface area contributed by atoms with Crippen molar-refractivity contribution in [1.29, 1.82) is 0 Å². The number of benzene rings is 3. The van der Waals surface area contributed by atoms with E-state index in [0.29, 0.717) is 37.5 Å². The minimum absolute atomic E-state index is 0.319. The molecule has 0 aliphatic carbocycles. The zero-order valence-corrected chi connectivity index (χ0v) is 17.9. The molecule has 6 nitrogen and oxygen atoms in total. The van der Waals surface area contributed by atoms with Crippen LogP contribution in [0.3, 0.4) is 0 Å². The summed E-state index contributed by atoms with van der Waals surface area (Å²) >= 11 is 18.3. The predicted octanol–water partition coefficient (Wildman–Crippen LogP) is 5.79. The van der Waals surface area contributed by atoms with Gasteiger partial charge in [-0.2, -0.15) is 4.80 Å². The average Bonchev–Trinajstić information content (AvgIpc) is 3.13. The van der Waals surface area contributed by atoms with Crippen LogP contribution in [0.25, 0.3) is 16.7 Å². The summed E-state index contributed by atoms with van der Waals surface area (Å²) in [5.74, 6) is -0.0335. The summed E-state index contributed by atoms with van der Waals surface area (Å²) in [6.07, 6.45) is -0.824. The van der Waals surface area contributed by atoms with Gasteiger partial charge in [-0.1, -0.05) is 53.0 Å². The van der Waals surface area contributed by atoms with Crippen molar-refractivity contribution in [3.05, 3.63) is 75.7 Å². The minimum Gasteiger partial charge on any atom is -0.479 e. The van der Waals surface area contributed by atoms with Gasteiger partial charge in [-0.25, -0.2) is 0 Å². The molecule has 1 aromatic heterocycles. The van der Waals surface area contributed by atoms with Crippen LogP contribution in [0.15, 0.2) is 60.7 Å². The summed E-state index contributed by atoms with van der Waals surface area (Å²) in [4.78, 5) is 14.1. The summed E-state index contributed by atoms with van der Waals surface area (Å²) in [5.41, 5.74) is 2.43. The van der Waals surface area contributed by atoms with Crippen molar-refractivity contribution in [3.8, 4) is 11.4 Å². The van der Waals surface area contributed by atoms with Crippen LogP contribution in [0.5, 0.6) is 5.75 Å². The SMILES string of the molecule is C[C@H](Oc1ccc(Cl)cc1Cl)C(=O)Nc1cc2nn(-c3ccccc3)nc2cc1Cl. The van der Waals surface area contributed by atoms with Gasteiger partial charge < -0.3 is 10.1 Å². The van der Waals surface area contributed by atoms with Gasteiger partial charge in [-0.15, -0.1) is 10.2 Å². The first-order chi connectivity index (χ1) is 14.4. The number of hydrogen-bond acceptors (Lipinski definition) is 4. The normalized spacial score (nSPS) is 12.0. The molecule has 0 aliphatic heterocycles. The Balaban J connectivity index is 1.53. The monoisotopic (exact) mass is 460 g/mol. The zero-order valence-electron chi connectivity index (χ0n) is 15.6. The first-order valence-corrected chi connectivity index (χ1v) is 10.1. The molecule has 1 N–H and O–H groups in total. The topological polar surface area (TPSA) is 69.0 Å². The number of halogens is 3. The highest BCUT2D eigenvalue weighted by Gasteiger charge is 2.19. The Morgan fingerprint density at radius 1 is 0.967 bits per heavy atom. The van der Waals surface area contributed by atoms with E-state index in [1.807, 2.05) is 30.3 Å². The number of hydrogen-bond donors (Lipinski definition) is 1. The molecule has 30 heavy (non-hydrogen) atoms. The fraction of sp³-hybridized carbons (Fsp3) is 0.0952. The maximum atomic E-state index is 12.6. The van der Waals surface area contributed by atoms with Gasteiger partial charge in [0.25, 0.3) is 5.91 Å². The summed E-state index contributed by atoms with van der Waals surface area (Å²) in [5, 5.41) is 12.8. The second-order valence-electron chi connectivity index (χ2n) is 6.47. The quantitative estimate of drug-likeness (QED) is 0.408. The van der Waals surface area contributed by atoms with Gasteiger partial charge in [0.1, 0.15) is 16.8 Å². The number of carbonyl (C=O) groups excluding carboxylic acids is 1. The van der Waals surface area contributed by atoms with Crippen LogP contribution < -0.4 is 10.1 Å². The third-order valence-corrected chi connectivity index (χ3v) is 5.12. The van der Waals surface area contributed by atoms with Crippen LogP contribution in [0, 0.1) is 0 Å². The molecule has 152 valence electrons. The zero-order chi connectivity index (χ0) is 21.3. The van der Waals surface area contributed by atoms with Crippen molar-refractivity contribution in [2.24, 2.45) is 0 Å². The fourth-order valence-electron chi connectivity index (χ4n) is 2.76. The number of anilines is 1. The first-order valence-electron chi connectivity index (χ1n) is 8.95. The van der Waals surface area contributed by atoms with Crippen LogP contribution in [-0.2, 0) is 4.79 Å². The third-order valence-electron chi connectivity index (χ3n) is 4.28. The number of nitrogens with one attached hydrogen (secondary N) is 1. The van der Waals surface area contributed by atoms with E-state index in [9.17, 15) is 4.79 Å². The number of aromatic nitrogens is 3. The van der Waals surface area contributed by atoms with Crippen molar-refractivity contribution < 1.29 is 9.53 Å². The van der Waals surface area contributed by atoms with Gasteiger partial charge in [-0.05, 0) is 49.4 Å². The number of para-hydroxylation sites is 1. The number of amides is 1. The average molecular weight is 462 g/mol. The highest BCUT2D eigenvalue weighted by atomic mass is 35.5. The third kappa shape index (κ3) is 4.36. The van der Waals surface area contributed by atoms with Gasteiger partial charge in [0.2, 0.25) is 0 Å². The predicted molar refractivity (Wildman–Crippen MR) is 119 cm³/mol. The molecular formula is C21H15Cl3N4O2.